The quantitative estimate of drug-likeness (QED) is 0.779. The lowest BCUT2D eigenvalue weighted by atomic mass is 9.87. The summed E-state index contributed by atoms with van der Waals surface area (Å²) in [4.78, 5) is 0. The highest BCUT2D eigenvalue weighted by Gasteiger charge is 2.36. The van der Waals surface area contributed by atoms with Gasteiger partial charge >= 0.3 is 6.18 Å². The van der Waals surface area contributed by atoms with Gasteiger partial charge in [-0.3, -0.25) is 0 Å². The number of rotatable bonds is 5. The minimum Gasteiger partial charge on any atom is -0.206 e. The Hall–Kier alpha value is -1.29. The van der Waals surface area contributed by atoms with Crippen molar-refractivity contribution >= 4 is 25.7 Å². The Morgan fingerprint density at radius 2 is 1.42 bits per heavy atom. The van der Waals surface area contributed by atoms with Gasteiger partial charge in [0.1, 0.15) is 0 Å². The molecule has 0 saturated carbocycles. The third kappa shape index (κ3) is 5.66. The highest BCUT2D eigenvalue weighted by Crippen LogP contribution is 2.29. The molecule has 0 spiro atoms. The molecule has 0 heterocycles. The Balaban J connectivity index is 3.29. The monoisotopic (exact) mass is 387 g/mol. The van der Waals surface area contributed by atoms with Crippen LogP contribution in [0.1, 0.15) is 32.8 Å². The van der Waals surface area contributed by atoms with E-state index in [1.165, 1.54) is 12.1 Å². The SMILES string of the molecule is CC(C)(C)c1ccc(N(S(C)(=O)=O)S(=O)(=O)CCC(F)(F)F)cc1. The van der Waals surface area contributed by atoms with Gasteiger partial charge in [-0.05, 0) is 23.1 Å². The molecule has 5 nitrogen and oxygen atoms in total. The van der Waals surface area contributed by atoms with Gasteiger partial charge in [0.05, 0.1) is 24.1 Å². The molecule has 0 aliphatic heterocycles. The van der Waals surface area contributed by atoms with E-state index in [2.05, 4.69) is 0 Å². The smallest absolute Gasteiger partial charge is 0.206 e. The average Bonchev–Trinajstić information content (AvgIpc) is 2.33. The molecule has 24 heavy (non-hydrogen) atoms. The summed E-state index contributed by atoms with van der Waals surface area (Å²) in [5.74, 6) is -1.34. The average molecular weight is 387 g/mol. The molecular weight excluding hydrogens is 367 g/mol. The van der Waals surface area contributed by atoms with Gasteiger partial charge in [-0.15, -0.1) is 0 Å². The predicted molar refractivity (Wildman–Crippen MR) is 86.9 cm³/mol. The molecule has 0 aromatic heterocycles. The van der Waals surface area contributed by atoms with E-state index in [0.717, 1.165) is 5.56 Å². The second-order valence-electron chi connectivity index (χ2n) is 6.44. The molecule has 0 aliphatic carbocycles. The molecule has 0 saturated heterocycles. The third-order valence-electron chi connectivity index (χ3n) is 3.14. The highest BCUT2D eigenvalue weighted by molar-refractivity contribution is 8.09. The summed E-state index contributed by atoms with van der Waals surface area (Å²) in [6.45, 7) is 5.74. The zero-order valence-corrected chi connectivity index (χ0v) is 15.4. The largest absolute Gasteiger partial charge is 0.390 e. The summed E-state index contributed by atoms with van der Waals surface area (Å²) in [6.07, 6.45) is -5.69. The van der Waals surface area contributed by atoms with Gasteiger partial charge in [0, 0.05) is 0 Å². The Kier molecular flexibility index (Phi) is 5.66. The highest BCUT2D eigenvalue weighted by atomic mass is 32.3. The Morgan fingerprint density at radius 3 is 1.75 bits per heavy atom. The summed E-state index contributed by atoms with van der Waals surface area (Å²) in [5, 5.41) is 0. The van der Waals surface area contributed by atoms with E-state index in [1.807, 2.05) is 20.8 Å². The van der Waals surface area contributed by atoms with Crippen molar-refractivity contribution in [1.82, 2.24) is 0 Å². The Labute approximate surface area is 140 Å². The lowest BCUT2D eigenvalue weighted by Crippen LogP contribution is -2.38. The van der Waals surface area contributed by atoms with Crippen LogP contribution in [0.4, 0.5) is 18.9 Å². The molecule has 1 aromatic carbocycles. The molecule has 1 aromatic rings. The number of anilines is 1. The van der Waals surface area contributed by atoms with Crippen LogP contribution in [-0.2, 0) is 25.5 Å². The molecule has 0 aliphatic rings. The Bertz CT molecular complexity index is 777. The van der Waals surface area contributed by atoms with Crippen LogP contribution in [0.15, 0.2) is 24.3 Å². The van der Waals surface area contributed by atoms with Crippen molar-refractivity contribution in [2.24, 2.45) is 0 Å². The van der Waals surface area contributed by atoms with Crippen LogP contribution in [-0.4, -0.2) is 35.0 Å². The van der Waals surface area contributed by atoms with Crippen molar-refractivity contribution in [1.29, 1.82) is 0 Å². The maximum absolute atomic E-state index is 12.3. The van der Waals surface area contributed by atoms with Crippen molar-refractivity contribution in [2.75, 3.05) is 15.7 Å². The third-order valence-corrected chi connectivity index (χ3v) is 6.88. The number of halogens is 3. The van der Waals surface area contributed by atoms with E-state index >= 15 is 0 Å². The van der Waals surface area contributed by atoms with E-state index in [1.54, 1.807) is 12.1 Å². The fourth-order valence-corrected chi connectivity index (χ4v) is 5.45. The van der Waals surface area contributed by atoms with Crippen LogP contribution in [0.2, 0.25) is 0 Å². The fourth-order valence-electron chi connectivity index (χ4n) is 1.97. The van der Waals surface area contributed by atoms with Crippen molar-refractivity contribution in [3.05, 3.63) is 29.8 Å². The van der Waals surface area contributed by atoms with Crippen molar-refractivity contribution in [3.8, 4) is 0 Å². The lowest BCUT2D eigenvalue weighted by molar-refractivity contribution is -0.129. The van der Waals surface area contributed by atoms with Crippen LogP contribution in [0.5, 0.6) is 0 Å². The van der Waals surface area contributed by atoms with Gasteiger partial charge < -0.3 is 0 Å². The van der Waals surface area contributed by atoms with Crippen molar-refractivity contribution < 1.29 is 30.0 Å². The van der Waals surface area contributed by atoms with Gasteiger partial charge in [0.25, 0.3) is 0 Å². The summed E-state index contributed by atoms with van der Waals surface area (Å²) in [6, 6.07) is 5.64. The van der Waals surface area contributed by atoms with Crippen molar-refractivity contribution in [3.63, 3.8) is 0 Å². The van der Waals surface area contributed by atoms with E-state index in [9.17, 15) is 30.0 Å². The predicted octanol–water partition coefficient (Wildman–Crippen LogP) is 3.03. The van der Waals surface area contributed by atoms with Crippen LogP contribution in [0.3, 0.4) is 0 Å². The minimum absolute atomic E-state index is 0.0537. The maximum Gasteiger partial charge on any atom is 0.390 e. The van der Waals surface area contributed by atoms with Crippen LogP contribution in [0, 0.1) is 0 Å². The molecule has 138 valence electrons. The molecule has 0 fully saturated rings. The molecule has 10 heteroatoms. The van der Waals surface area contributed by atoms with Gasteiger partial charge in [-0.25, -0.2) is 16.8 Å². The molecule has 1 rings (SSSR count). The first kappa shape index (κ1) is 20.8. The van der Waals surface area contributed by atoms with Gasteiger partial charge in [0.2, 0.25) is 20.0 Å². The van der Waals surface area contributed by atoms with Crippen LogP contribution < -0.4 is 3.71 Å². The first-order chi connectivity index (χ1) is 10.5. The zero-order chi connectivity index (χ0) is 19.0. The molecular formula is C14H20F3NO4S2. The van der Waals surface area contributed by atoms with Crippen molar-refractivity contribution in [2.45, 2.75) is 38.8 Å². The Morgan fingerprint density at radius 1 is 0.958 bits per heavy atom. The van der Waals surface area contributed by atoms with E-state index < -0.39 is 38.4 Å². The standard InChI is InChI=1S/C14H20F3NO4S2/c1-13(2,3)11-5-7-12(8-6-11)18(23(4,19)20)24(21,22)10-9-14(15,16)17/h5-8H,9-10H2,1-4H3. The number of benzene rings is 1. The van der Waals surface area contributed by atoms with E-state index in [-0.39, 0.29) is 14.8 Å². The summed E-state index contributed by atoms with van der Waals surface area (Å²) < 4.78 is 85.0. The first-order valence-corrected chi connectivity index (χ1v) is 10.4. The number of hydrogen-bond donors (Lipinski definition) is 0. The van der Waals surface area contributed by atoms with Gasteiger partial charge in [0.15, 0.2) is 0 Å². The topological polar surface area (TPSA) is 71.5 Å². The van der Waals surface area contributed by atoms with Crippen LogP contribution >= 0.6 is 0 Å². The minimum atomic E-state index is -4.70. The number of hydrogen-bond acceptors (Lipinski definition) is 4. The fraction of sp³-hybridized carbons (Fsp3) is 0.571. The number of nitrogens with zero attached hydrogens (tertiary/aromatic N) is 1. The second-order valence-corrected chi connectivity index (χ2v) is 10.4. The number of alkyl halides is 3. The molecule has 0 N–H and O–H groups in total. The first-order valence-electron chi connectivity index (χ1n) is 6.94. The molecule has 0 bridgehead atoms. The number of sulfonamides is 2. The second kappa shape index (κ2) is 6.55. The van der Waals surface area contributed by atoms with Gasteiger partial charge in [-0.2, -0.15) is 16.9 Å². The zero-order valence-electron chi connectivity index (χ0n) is 13.8. The lowest BCUT2D eigenvalue weighted by Gasteiger charge is -2.24. The molecule has 0 amide bonds. The normalized spacial score (nSPS) is 13.8. The van der Waals surface area contributed by atoms with E-state index in [4.69, 9.17) is 0 Å². The maximum atomic E-state index is 12.3. The molecule has 0 atom stereocenters. The summed E-state index contributed by atoms with van der Waals surface area (Å²) in [5.41, 5.74) is 0.365. The summed E-state index contributed by atoms with van der Waals surface area (Å²) in [7, 11) is -9.00. The molecule has 0 radical (unpaired) electrons. The van der Waals surface area contributed by atoms with Gasteiger partial charge in [-0.1, -0.05) is 32.9 Å². The van der Waals surface area contributed by atoms with E-state index in [0.29, 0.717) is 6.26 Å². The van der Waals surface area contributed by atoms with Crippen LogP contribution in [0.25, 0.3) is 0 Å². The molecule has 0 unspecified atom stereocenters. The summed E-state index contributed by atoms with van der Waals surface area (Å²) >= 11 is 0.